The zero-order valence-corrected chi connectivity index (χ0v) is 11.3. The molecule has 3 N–H and O–H groups in total. The molecular formula is C11H22N2O3S. The number of aliphatic hydroxyl groups is 1. The molecule has 0 saturated carbocycles. The van der Waals surface area contributed by atoms with Crippen molar-refractivity contribution in [2.24, 2.45) is 0 Å². The Kier molecular flexibility index (Phi) is 6.26. The average molecular weight is 262 g/mol. The van der Waals surface area contributed by atoms with Gasteiger partial charge in [0.15, 0.2) is 0 Å². The van der Waals surface area contributed by atoms with E-state index >= 15 is 0 Å². The molecule has 0 spiro atoms. The predicted molar refractivity (Wildman–Crippen MR) is 69.2 cm³/mol. The molecule has 1 amide bonds. The van der Waals surface area contributed by atoms with Crippen LogP contribution in [0.4, 0.5) is 0 Å². The van der Waals surface area contributed by atoms with Crippen LogP contribution in [0.2, 0.25) is 0 Å². The normalized spacial score (nSPS) is 24.1. The van der Waals surface area contributed by atoms with Crippen LogP contribution in [0.5, 0.6) is 0 Å². The number of carbonyl (C=O) groups excluding carboxylic acids is 1. The van der Waals surface area contributed by atoms with Crippen LogP contribution in [0.15, 0.2) is 0 Å². The maximum absolute atomic E-state index is 11.8. The van der Waals surface area contributed by atoms with Crippen molar-refractivity contribution in [3.8, 4) is 0 Å². The Labute approximate surface area is 107 Å². The fraction of sp³-hybridized carbons (Fsp3) is 0.909. The number of methoxy groups -OCH3 is 1. The van der Waals surface area contributed by atoms with Gasteiger partial charge in [-0.3, -0.25) is 4.79 Å². The van der Waals surface area contributed by atoms with Crippen LogP contribution in [0, 0.1) is 0 Å². The minimum atomic E-state index is -0.909. The second-order valence-electron chi connectivity index (χ2n) is 4.54. The minimum absolute atomic E-state index is 0.0325. The highest BCUT2D eigenvalue weighted by molar-refractivity contribution is 7.99. The molecular weight excluding hydrogens is 240 g/mol. The molecule has 0 bridgehead atoms. The van der Waals surface area contributed by atoms with E-state index in [0.29, 0.717) is 13.0 Å². The van der Waals surface area contributed by atoms with Gasteiger partial charge in [-0.25, -0.2) is 0 Å². The van der Waals surface area contributed by atoms with Crippen molar-refractivity contribution in [1.29, 1.82) is 0 Å². The molecule has 1 fully saturated rings. The van der Waals surface area contributed by atoms with Crippen LogP contribution in [0.3, 0.4) is 0 Å². The largest absolute Gasteiger partial charge is 0.388 e. The molecule has 1 heterocycles. The molecule has 0 aromatic heterocycles. The van der Waals surface area contributed by atoms with Crippen LogP contribution in [0.1, 0.15) is 13.3 Å². The monoisotopic (exact) mass is 262 g/mol. The van der Waals surface area contributed by atoms with Crippen molar-refractivity contribution in [1.82, 2.24) is 10.6 Å². The second kappa shape index (κ2) is 7.20. The fourth-order valence-corrected chi connectivity index (χ4v) is 2.48. The van der Waals surface area contributed by atoms with Gasteiger partial charge in [-0.15, -0.1) is 0 Å². The lowest BCUT2D eigenvalue weighted by atomic mass is 10.0. The van der Waals surface area contributed by atoms with Gasteiger partial charge in [0, 0.05) is 44.7 Å². The summed E-state index contributed by atoms with van der Waals surface area (Å²) < 4.78 is 4.91. The Bertz CT molecular complexity index is 243. The number of rotatable bonds is 6. The van der Waals surface area contributed by atoms with Crippen LogP contribution in [-0.2, 0) is 9.53 Å². The Morgan fingerprint density at radius 2 is 2.47 bits per heavy atom. The third-order valence-corrected chi connectivity index (χ3v) is 3.79. The van der Waals surface area contributed by atoms with E-state index in [-0.39, 0.29) is 18.5 Å². The van der Waals surface area contributed by atoms with Gasteiger partial charge in [-0.2, -0.15) is 11.8 Å². The van der Waals surface area contributed by atoms with E-state index in [9.17, 15) is 9.90 Å². The summed E-state index contributed by atoms with van der Waals surface area (Å²) in [5.74, 6) is 1.82. The minimum Gasteiger partial charge on any atom is -0.388 e. The second-order valence-corrected chi connectivity index (χ2v) is 5.69. The smallest absolute Gasteiger partial charge is 0.238 e. The summed E-state index contributed by atoms with van der Waals surface area (Å²) >= 11 is 1.77. The quantitative estimate of drug-likeness (QED) is 0.607. The van der Waals surface area contributed by atoms with Gasteiger partial charge in [-0.1, -0.05) is 0 Å². The molecule has 5 nitrogen and oxygen atoms in total. The van der Waals surface area contributed by atoms with E-state index in [1.54, 1.807) is 25.8 Å². The van der Waals surface area contributed by atoms with E-state index in [0.717, 1.165) is 18.1 Å². The highest BCUT2D eigenvalue weighted by atomic mass is 32.2. The van der Waals surface area contributed by atoms with Gasteiger partial charge in [0.1, 0.15) is 0 Å². The zero-order chi connectivity index (χ0) is 12.7. The van der Waals surface area contributed by atoms with Gasteiger partial charge in [0.2, 0.25) is 5.91 Å². The number of hydrogen-bond acceptors (Lipinski definition) is 5. The number of carbonyl (C=O) groups is 1. The van der Waals surface area contributed by atoms with Gasteiger partial charge < -0.3 is 20.5 Å². The summed E-state index contributed by atoms with van der Waals surface area (Å²) in [6.07, 6.45) is 0.511. The molecule has 1 aliphatic heterocycles. The van der Waals surface area contributed by atoms with E-state index in [1.807, 2.05) is 0 Å². The first kappa shape index (κ1) is 14.8. The summed E-state index contributed by atoms with van der Waals surface area (Å²) in [5, 5.41) is 15.9. The van der Waals surface area contributed by atoms with Crippen LogP contribution in [0.25, 0.3) is 0 Å². The lowest BCUT2D eigenvalue weighted by molar-refractivity contribution is -0.124. The lowest BCUT2D eigenvalue weighted by Gasteiger charge is -2.26. The van der Waals surface area contributed by atoms with E-state index < -0.39 is 5.60 Å². The molecule has 0 aromatic carbocycles. The van der Waals surface area contributed by atoms with Crippen molar-refractivity contribution >= 4 is 17.7 Å². The lowest BCUT2D eigenvalue weighted by Crippen LogP contribution is -2.52. The summed E-state index contributed by atoms with van der Waals surface area (Å²) in [6.45, 7) is 3.32. The Morgan fingerprint density at radius 3 is 3.06 bits per heavy atom. The van der Waals surface area contributed by atoms with E-state index in [4.69, 9.17) is 4.74 Å². The van der Waals surface area contributed by atoms with Gasteiger partial charge in [0.25, 0.3) is 0 Å². The maximum Gasteiger partial charge on any atom is 0.238 e. The van der Waals surface area contributed by atoms with E-state index in [2.05, 4.69) is 10.6 Å². The molecule has 1 rings (SSSR count). The molecule has 2 atom stereocenters. The van der Waals surface area contributed by atoms with Crippen molar-refractivity contribution in [2.75, 3.05) is 38.3 Å². The molecule has 100 valence electrons. The highest BCUT2D eigenvalue weighted by Crippen LogP contribution is 2.10. The fourth-order valence-electron chi connectivity index (χ4n) is 1.54. The van der Waals surface area contributed by atoms with Crippen molar-refractivity contribution in [3.05, 3.63) is 0 Å². The van der Waals surface area contributed by atoms with Crippen molar-refractivity contribution < 1.29 is 14.6 Å². The van der Waals surface area contributed by atoms with Gasteiger partial charge in [-0.05, 0) is 6.92 Å². The number of amides is 1. The molecule has 2 unspecified atom stereocenters. The zero-order valence-electron chi connectivity index (χ0n) is 10.5. The summed E-state index contributed by atoms with van der Waals surface area (Å²) in [5.41, 5.74) is -0.909. The Morgan fingerprint density at radius 1 is 1.71 bits per heavy atom. The van der Waals surface area contributed by atoms with Crippen LogP contribution in [-0.4, -0.2) is 61.0 Å². The van der Waals surface area contributed by atoms with Gasteiger partial charge in [0.05, 0.1) is 11.6 Å². The number of thioether (sulfide) groups is 1. The molecule has 0 aromatic rings. The third-order valence-electron chi connectivity index (χ3n) is 2.73. The van der Waals surface area contributed by atoms with E-state index in [1.165, 1.54) is 0 Å². The Hall–Kier alpha value is -0.300. The number of nitrogens with one attached hydrogen (secondary N) is 2. The molecule has 17 heavy (non-hydrogen) atoms. The van der Waals surface area contributed by atoms with Crippen LogP contribution >= 0.6 is 11.8 Å². The molecule has 0 aliphatic carbocycles. The standard InChI is InChI=1S/C11H22N2O3S/c1-11(15,3-5-16-2)8-13-10(14)9-7-17-6-4-12-9/h9,12,15H,3-8H2,1-2H3,(H,13,14). The van der Waals surface area contributed by atoms with Crippen molar-refractivity contribution in [2.45, 2.75) is 25.0 Å². The van der Waals surface area contributed by atoms with Crippen molar-refractivity contribution in [3.63, 3.8) is 0 Å². The Balaban J connectivity index is 2.26. The topological polar surface area (TPSA) is 70.6 Å². The SMILES string of the molecule is COCCC(C)(O)CNC(=O)C1CSCCN1. The first-order valence-corrected chi connectivity index (χ1v) is 7.01. The molecule has 1 aliphatic rings. The third kappa shape index (κ3) is 5.72. The summed E-state index contributed by atoms with van der Waals surface area (Å²) in [7, 11) is 1.60. The average Bonchev–Trinajstić information content (AvgIpc) is 2.35. The summed E-state index contributed by atoms with van der Waals surface area (Å²) in [6, 6.07) is -0.132. The maximum atomic E-state index is 11.8. The van der Waals surface area contributed by atoms with Crippen LogP contribution < -0.4 is 10.6 Å². The predicted octanol–water partition coefficient (Wildman–Crippen LogP) is -0.405. The first-order valence-electron chi connectivity index (χ1n) is 5.85. The molecule has 6 heteroatoms. The molecule has 0 radical (unpaired) electrons. The first-order chi connectivity index (χ1) is 8.05. The number of hydrogen-bond donors (Lipinski definition) is 3. The number of ether oxygens (including phenoxy) is 1. The molecule has 1 saturated heterocycles. The summed E-state index contributed by atoms with van der Waals surface area (Å²) in [4.78, 5) is 11.8. The van der Waals surface area contributed by atoms with Gasteiger partial charge >= 0.3 is 0 Å². The highest BCUT2D eigenvalue weighted by Gasteiger charge is 2.25.